The first-order chi connectivity index (χ1) is 6.84. The van der Waals surface area contributed by atoms with Crippen molar-refractivity contribution in [2.24, 2.45) is 5.41 Å². The summed E-state index contributed by atoms with van der Waals surface area (Å²) in [7, 11) is 0. The second kappa shape index (κ2) is 6.53. The van der Waals surface area contributed by atoms with E-state index in [4.69, 9.17) is 0 Å². The fraction of sp³-hybridized carbons (Fsp3) is 0.909. The van der Waals surface area contributed by atoms with Gasteiger partial charge in [-0.2, -0.15) is 0 Å². The molecule has 3 N–H and O–H groups in total. The van der Waals surface area contributed by atoms with Crippen molar-refractivity contribution in [2.75, 3.05) is 0 Å². The lowest BCUT2D eigenvalue weighted by atomic mass is 9.81. The van der Waals surface area contributed by atoms with Crippen LogP contribution < -0.4 is 0 Å². The lowest BCUT2D eigenvalue weighted by Crippen LogP contribution is -2.40. The molecule has 0 aliphatic carbocycles. The van der Waals surface area contributed by atoms with Crippen LogP contribution in [0.25, 0.3) is 0 Å². The molecule has 4 heteroatoms. The van der Waals surface area contributed by atoms with Crippen molar-refractivity contribution in [2.45, 2.75) is 58.3 Å². The molecule has 0 fully saturated rings. The van der Waals surface area contributed by atoms with Gasteiger partial charge in [0.25, 0.3) is 0 Å². The van der Waals surface area contributed by atoms with Crippen molar-refractivity contribution in [1.29, 1.82) is 0 Å². The Labute approximate surface area is 97.1 Å². The maximum atomic E-state index is 9.71. The molecule has 3 nitrogen and oxygen atoms in total. The topological polar surface area (TPSA) is 60.7 Å². The fourth-order valence-electron chi connectivity index (χ4n) is 1.77. The number of hydrogen-bond acceptors (Lipinski definition) is 4. The molecule has 0 heterocycles. The van der Waals surface area contributed by atoms with Gasteiger partial charge < -0.3 is 15.3 Å². The molecule has 0 spiro atoms. The average molecular weight is 234 g/mol. The van der Waals surface area contributed by atoms with Gasteiger partial charge in [0.05, 0.1) is 6.10 Å². The van der Waals surface area contributed by atoms with E-state index in [-0.39, 0.29) is 5.41 Å². The molecule has 0 aromatic rings. The Morgan fingerprint density at radius 1 is 1.27 bits per heavy atom. The number of aliphatic hydroxyl groups is 3. The highest BCUT2D eigenvalue weighted by Crippen LogP contribution is 2.29. The molecule has 0 bridgehead atoms. The van der Waals surface area contributed by atoms with Crippen LogP contribution in [0.1, 0.15) is 40.0 Å². The van der Waals surface area contributed by atoms with Crippen LogP contribution in [-0.4, -0.2) is 39.0 Å². The first kappa shape index (κ1) is 15.0. The predicted octanol–water partition coefficient (Wildman–Crippen LogP) is 1.29. The molecule has 90 valence electrons. The largest absolute Gasteiger partial charge is 0.390 e. The highest BCUT2D eigenvalue weighted by atomic mass is 32.1. The Morgan fingerprint density at radius 2 is 1.80 bits per heavy atom. The highest BCUT2D eigenvalue weighted by molar-refractivity contribution is 7.79. The van der Waals surface area contributed by atoms with Crippen molar-refractivity contribution in [3.63, 3.8) is 0 Å². The van der Waals surface area contributed by atoms with Gasteiger partial charge in [0.15, 0.2) is 0 Å². The molecule has 15 heavy (non-hydrogen) atoms. The monoisotopic (exact) mass is 234 g/mol. The molecule has 0 saturated carbocycles. The molecule has 0 unspecified atom stereocenters. The van der Waals surface area contributed by atoms with Gasteiger partial charge in [-0.25, -0.2) is 0 Å². The molecule has 0 saturated heterocycles. The molecular formula is C11H22O3S. The number of thiocarbonyl (C=S) groups is 1. The fourth-order valence-corrected chi connectivity index (χ4v) is 1.93. The second-order valence-electron chi connectivity index (χ2n) is 4.80. The standard InChI is InChI=1S/C11H22O3S/c1-4-5-11(2,3)6-8(12)10(14)9(13)7-15/h7-10,12-14H,4-6H2,1-3H3/t8-,9+,10-/m1/s1. The van der Waals surface area contributed by atoms with Crippen LogP contribution in [0, 0.1) is 5.41 Å². The first-order valence-electron chi connectivity index (χ1n) is 5.33. The zero-order valence-electron chi connectivity index (χ0n) is 9.68. The zero-order valence-corrected chi connectivity index (χ0v) is 10.5. The van der Waals surface area contributed by atoms with Crippen molar-refractivity contribution in [1.82, 2.24) is 0 Å². The Balaban J connectivity index is 4.22. The summed E-state index contributed by atoms with van der Waals surface area (Å²) in [5, 5.41) is 29.5. The number of rotatable bonds is 7. The molecule has 0 radical (unpaired) electrons. The summed E-state index contributed by atoms with van der Waals surface area (Å²) in [4.78, 5) is 0. The summed E-state index contributed by atoms with van der Waals surface area (Å²) in [5.74, 6) is 0. The van der Waals surface area contributed by atoms with Gasteiger partial charge in [0, 0.05) is 5.37 Å². The van der Waals surface area contributed by atoms with Crippen LogP contribution in [0.2, 0.25) is 0 Å². The molecule has 0 rings (SSSR count). The van der Waals surface area contributed by atoms with Crippen molar-refractivity contribution in [3.8, 4) is 0 Å². The second-order valence-corrected chi connectivity index (χ2v) is 5.08. The molecule has 0 aliphatic rings. The van der Waals surface area contributed by atoms with Gasteiger partial charge in [0.2, 0.25) is 0 Å². The third kappa shape index (κ3) is 5.56. The molecule has 0 aromatic carbocycles. The van der Waals surface area contributed by atoms with Gasteiger partial charge in [-0.05, 0) is 18.3 Å². The van der Waals surface area contributed by atoms with Crippen LogP contribution in [-0.2, 0) is 0 Å². The summed E-state index contributed by atoms with van der Waals surface area (Å²) in [6, 6.07) is 0. The first-order valence-corrected chi connectivity index (χ1v) is 5.80. The Morgan fingerprint density at radius 3 is 2.20 bits per heavy atom. The minimum atomic E-state index is -1.18. The quantitative estimate of drug-likeness (QED) is 0.581. The van der Waals surface area contributed by atoms with Crippen molar-refractivity contribution < 1.29 is 15.3 Å². The highest BCUT2D eigenvalue weighted by Gasteiger charge is 2.29. The summed E-state index contributed by atoms with van der Waals surface area (Å²) in [6.07, 6.45) is -0.773. The molecule has 0 aliphatic heterocycles. The van der Waals surface area contributed by atoms with E-state index in [1.54, 1.807) is 0 Å². The van der Waals surface area contributed by atoms with Gasteiger partial charge in [-0.3, -0.25) is 0 Å². The van der Waals surface area contributed by atoms with E-state index in [2.05, 4.69) is 19.1 Å². The van der Waals surface area contributed by atoms with Gasteiger partial charge in [0.1, 0.15) is 12.2 Å². The molecule has 0 amide bonds. The van der Waals surface area contributed by atoms with E-state index in [1.807, 2.05) is 13.8 Å². The third-order valence-electron chi connectivity index (χ3n) is 2.57. The minimum Gasteiger partial charge on any atom is -0.390 e. The molecule has 3 atom stereocenters. The zero-order chi connectivity index (χ0) is 12.1. The molecule has 0 aromatic heterocycles. The summed E-state index contributed by atoms with van der Waals surface area (Å²) in [6.45, 7) is 6.16. The van der Waals surface area contributed by atoms with Crippen LogP contribution in [0.4, 0.5) is 0 Å². The normalized spacial score (nSPS) is 18.3. The third-order valence-corrected chi connectivity index (χ3v) is 2.85. The minimum absolute atomic E-state index is 0.0314. The lowest BCUT2D eigenvalue weighted by Gasteiger charge is -2.30. The van der Waals surface area contributed by atoms with Gasteiger partial charge in [-0.15, -0.1) is 0 Å². The SMILES string of the molecule is CCCC(C)(C)C[C@@H](O)[C@@H](O)[C@@H](O)C=S. The van der Waals surface area contributed by atoms with Gasteiger partial charge >= 0.3 is 0 Å². The van der Waals surface area contributed by atoms with Crippen LogP contribution in [0.5, 0.6) is 0 Å². The van der Waals surface area contributed by atoms with Crippen LogP contribution >= 0.6 is 12.2 Å². The van der Waals surface area contributed by atoms with Crippen LogP contribution in [0.3, 0.4) is 0 Å². The molecular weight excluding hydrogens is 212 g/mol. The Bertz CT molecular complexity index is 194. The summed E-state index contributed by atoms with van der Waals surface area (Å²) >= 11 is 4.52. The lowest BCUT2D eigenvalue weighted by molar-refractivity contribution is -0.0496. The number of aliphatic hydroxyl groups excluding tert-OH is 3. The number of hydrogen-bond donors (Lipinski definition) is 3. The van der Waals surface area contributed by atoms with E-state index in [0.29, 0.717) is 6.42 Å². The van der Waals surface area contributed by atoms with Gasteiger partial charge in [-0.1, -0.05) is 39.4 Å². The predicted molar refractivity (Wildman–Crippen MR) is 65.0 cm³/mol. The Hall–Kier alpha value is -0.0300. The maximum Gasteiger partial charge on any atom is 0.111 e. The summed E-state index contributed by atoms with van der Waals surface area (Å²) < 4.78 is 0. The maximum absolute atomic E-state index is 9.71. The summed E-state index contributed by atoms with van der Waals surface area (Å²) in [5.41, 5.74) is -0.0314. The smallest absolute Gasteiger partial charge is 0.111 e. The van der Waals surface area contributed by atoms with Crippen molar-refractivity contribution in [3.05, 3.63) is 0 Å². The van der Waals surface area contributed by atoms with E-state index in [1.165, 1.54) is 0 Å². The van der Waals surface area contributed by atoms with E-state index in [0.717, 1.165) is 18.2 Å². The van der Waals surface area contributed by atoms with E-state index >= 15 is 0 Å². The Kier molecular flexibility index (Phi) is 6.52. The van der Waals surface area contributed by atoms with Crippen LogP contribution in [0.15, 0.2) is 0 Å². The average Bonchev–Trinajstić information content (AvgIpc) is 2.14. The van der Waals surface area contributed by atoms with E-state index in [9.17, 15) is 15.3 Å². The van der Waals surface area contributed by atoms with Crippen molar-refractivity contribution >= 4 is 17.6 Å². The van der Waals surface area contributed by atoms with E-state index < -0.39 is 18.3 Å².